The normalized spacial score (nSPS) is 10.6. The van der Waals surface area contributed by atoms with Gasteiger partial charge in [-0.05, 0) is 48.4 Å². The van der Waals surface area contributed by atoms with E-state index in [0.717, 1.165) is 43.1 Å². The summed E-state index contributed by atoms with van der Waals surface area (Å²) in [5.41, 5.74) is 4.49. The quantitative estimate of drug-likeness (QED) is 0.604. The minimum atomic E-state index is 0.646. The summed E-state index contributed by atoms with van der Waals surface area (Å²) >= 11 is 0. The van der Waals surface area contributed by atoms with Crippen LogP contribution in [0.2, 0.25) is 0 Å². The summed E-state index contributed by atoms with van der Waals surface area (Å²) < 4.78 is 5.27. The molecule has 0 radical (unpaired) electrons. The Labute approximate surface area is 160 Å². The second kappa shape index (κ2) is 9.69. The maximum Gasteiger partial charge on any atom is 0.223 e. The van der Waals surface area contributed by atoms with Gasteiger partial charge in [-0.15, -0.1) is 0 Å². The van der Waals surface area contributed by atoms with Crippen LogP contribution in [0.4, 0.5) is 5.95 Å². The van der Waals surface area contributed by atoms with E-state index in [2.05, 4.69) is 63.9 Å². The Hall–Kier alpha value is -2.92. The van der Waals surface area contributed by atoms with Crippen molar-refractivity contribution in [2.24, 2.45) is 0 Å². The van der Waals surface area contributed by atoms with Crippen LogP contribution in [0.1, 0.15) is 18.1 Å². The molecule has 0 amide bonds. The molecule has 0 spiro atoms. The molecule has 0 fully saturated rings. The fraction of sp³-hybridized carbons (Fsp3) is 0.273. The molecular weight excluding hydrogens is 336 g/mol. The van der Waals surface area contributed by atoms with Crippen LogP contribution in [0.5, 0.6) is 5.75 Å². The molecule has 2 aromatic carbocycles. The Kier molecular flexibility index (Phi) is 6.77. The van der Waals surface area contributed by atoms with E-state index in [4.69, 9.17) is 4.74 Å². The highest BCUT2D eigenvalue weighted by Crippen LogP contribution is 2.19. The maximum absolute atomic E-state index is 5.27. The zero-order valence-electron chi connectivity index (χ0n) is 15.9. The number of benzene rings is 2. The van der Waals surface area contributed by atoms with Gasteiger partial charge in [0.2, 0.25) is 5.95 Å². The van der Waals surface area contributed by atoms with E-state index in [-0.39, 0.29) is 0 Å². The summed E-state index contributed by atoms with van der Waals surface area (Å²) in [6, 6.07) is 18.5. The van der Waals surface area contributed by atoms with Crippen molar-refractivity contribution >= 4 is 5.95 Å². The molecule has 5 heteroatoms. The van der Waals surface area contributed by atoms with Crippen LogP contribution < -0.4 is 15.4 Å². The zero-order valence-corrected chi connectivity index (χ0v) is 15.9. The Morgan fingerprint density at radius 2 is 1.85 bits per heavy atom. The molecule has 0 unspecified atom stereocenters. The van der Waals surface area contributed by atoms with Gasteiger partial charge in [0.05, 0.1) is 12.8 Å². The van der Waals surface area contributed by atoms with Crippen molar-refractivity contribution in [3.05, 3.63) is 71.9 Å². The van der Waals surface area contributed by atoms with Crippen molar-refractivity contribution in [3.8, 4) is 17.0 Å². The minimum absolute atomic E-state index is 0.646. The molecule has 0 saturated heterocycles. The van der Waals surface area contributed by atoms with Crippen molar-refractivity contribution < 1.29 is 4.74 Å². The Morgan fingerprint density at radius 1 is 1.00 bits per heavy atom. The van der Waals surface area contributed by atoms with Crippen LogP contribution in [0.15, 0.2) is 60.8 Å². The number of anilines is 1. The fourth-order valence-electron chi connectivity index (χ4n) is 2.86. The van der Waals surface area contributed by atoms with Crippen LogP contribution in [0.25, 0.3) is 11.3 Å². The Morgan fingerprint density at radius 3 is 2.70 bits per heavy atom. The molecule has 0 aliphatic carbocycles. The molecule has 1 aromatic heterocycles. The highest BCUT2D eigenvalue weighted by Gasteiger charge is 2.04. The number of ether oxygens (including phenoxy) is 1. The van der Waals surface area contributed by atoms with Crippen molar-refractivity contribution in [1.82, 2.24) is 15.3 Å². The molecule has 140 valence electrons. The topological polar surface area (TPSA) is 59.1 Å². The van der Waals surface area contributed by atoms with E-state index >= 15 is 0 Å². The second-order valence-electron chi connectivity index (χ2n) is 6.27. The molecule has 2 N–H and O–H groups in total. The van der Waals surface area contributed by atoms with Gasteiger partial charge in [-0.3, -0.25) is 0 Å². The molecule has 5 nitrogen and oxygen atoms in total. The van der Waals surface area contributed by atoms with E-state index in [1.807, 2.05) is 18.2 Å². The molecule has 0 aliphatic rings. The monoisotopic (exact) mass is 362 g/mol. The summed E-state index contributed by atoms with van der Waals surface area (Å²) in [7, 11) is 1.68. The third-order valence-corrected chi connectivity index (χ3v) is 4.29. The van der Waals surface area contributed by atoms with Crippen LogP contribution in [0, 0.1) is 0 Å². The highest BCUT2D eigenvalue weighted by molar-refractivity contribution is 5.60. The molecule has 0 bridgehead atoms. The predicted molar refractivity (Wildman–Crippen MR) is 110 cm³/mol. The number of hydrogen-bond donors (Lipinski definition) is 2. The lowest BCUT2D eigenvalue weighted by Gasteiger charge is -2.09. The van der Waals surface area contributed by atoms with Gasteiger partial charge >= 0.3 is 0 Å². The molecule has 0 saturated carbocycles. The smallest absolute Gasteiger partial charge is 0.223 e. The molecule has 0 atom stereocenters. The summed E-state index contributed by atoms with van der Waals surface area (Å²) in [4.78, 5) is 9.00. The van der Waals surface area contributed by atoms with Crippen molar-refractivity contribution in [3.63, 3.8) is 0 Å². The van der Waals surface area contributed by atoms with Gasteiger partial charge in [0.25, 0.3) is 0 Å². The van der Waals surface area contributed by atoms with Gasteiger partial charge in [0.1, 0.15) is 5.75 Å². The zero-order chi connectivity index (χ0) is 18.9. The first-order valence-corrected chi connectivity index (χ1v) is 9.28. The van der Waals surface area contributed by atoms with Crippen LogP contribution in [-0.2, 0) is 13.0 Å². The van der Waals surface area contributed by atoms with Gasteiger partial charge in [0.15, 0.2) is 0 Å². The molecule has 27 heavy (non-hydrogen) atoms. The molecule has 3 rings (SSSR count). The minimum Gasteiger partial charge on any atom is -0.497 e. The largest absolute Gasteiger partial charge is 0.497 e. The number of nitrogens with one attached hydrogen (secondary N) is 2. The first-order chi connectivity index (χ1) is 13.3. The third kappa shape index (κ3) is 5.53. The number of nitrogens with zero attached hydrogens (tertiary/aromatic N) is 2. The van der Waals surface area contributed by atoms with Crippen molar-refractivity contribution in [2.45, 2.75) is 19.9 Å². The predicted octanol–water partition coefficient (Wildman–Crippen LogP) is 3.92. The van der Waals surface area contributed by atoms with Gasteiger partial charge in [0, 0.05) is 24.8 Å². The van der Waals surface area contributed by atoms with Crippen LogP contribution in [-0.4, -0.2) is 30.2 Å². The average molecular weight is 362 g/mol. The van der Waals surface area contributed by atoms with E-state index in [1.54, 1.807) is 13.3 Å². The summed E-state index contributed by atoms with van der Waals surface area (Å²) in [5, 5.41) is 6.67. The summed E-state index contributed by atoms with van der Waals surface area (Å²) in [6.07, 6.45) is 2.68. The number of hydrogen-bond acceptors (Lipinski definition) is 5. The lowest BCUT2D eigenvalue weighted by Crippen LogP contribution is -2.11. The summed E-state index contributed by atoms with van der Waals surface area (Å²) in [5.74, 6) is 1.52. The SMILES string of the molecule is CCNCc1cccc(-c2ccnc(NCCc3cccc(OC)c3)n2)c1. The first-order valence-electron chi connectivity index (χ1n) is 9.28. The second-order valence-corrected chi connectivity index (χ2v) is 6.27. The lowest BCUT2D eigenvalue weighted by atomic mass is 10.1. The first kappa shape index (κ1) is 18.9. The lowest BCUT2D eigenvalue weighted by molar-refractivity contribution is 0.414. The van der Waals surface area contributed by atoms with Gasteiger partial charge in [-0.2, -0.15) is 0 Å². The van der Waals surface area contributed by atoms with Crippen LogP contribution in [0.3, 0.4) is 0 Å². The maximum atomic E-state index is 5.27. The van der Waals surface area contributed by atoms with E-state index < -0.39 is 0 Å². The summed E-state index contributed by atoms with van der Waals surface area (Å²) in [6.45, 7) is 4.69. The van der Waals surface area contributed by atoms with Gasteiger partial charge in [-0.25, -0.2) is 9.97 Å². The number of methoxy groups -OCH3 is 1. The molecule has 0 aliphatic heterocycles. The standard InChI is InChI=1S/C22H26N4O/c1-3-23-16-18-7-4-8-19(14-18)21-11-13-25-22(26-21)24-12-10-17-6-5-9-20(15-17)27-2/h4-9,11,13-15,23H,3,10,12,16H2,1-2H3,(H,24,25,26). The van der Waals surface area contributed by atoms with Crippen molar-refractivity contribution in [2.75, 3.05) is 25.5 Å². The number of rotatable bonds is 9. The Balaban J connectivity index is 1.63. The fourth-order valence-corrected chi connectivity index (χ4v) is 2.86. The Bertz CT molecular complexity index is 866. The molecular formula is C22H26N4O. The average Bonchev–Trinajstić information content (AvgIpc) is 2.73. The van der Waals surface area contributed by atoms with Crippen LogP contribution >= 0.6 is 0 Å². The van der Waals surface area contributed by atoms with E-state index in [0.29, 0.717) is 5.95 Å². The van der Waals surface area contributed by atoms with Crippen molar-refractivity contribution in [1.29, 1.82) is 0 Å². The van der Waals surface area contributed by atoms with E-state index in [1.165, 1.54) is 11.1 Å². The van der Waals surface area contributed by atoms with Gasteiger partial charge in [-0.1, -0.05) is 37.3 Å². The molecule has 1 heterocycles. The number of aromatic nitrogens is 2. The highest BCUT2D eigenvalue weighted by atomic mass is 16.5. The van der Waals surface area contributed by atoms with E-state index in [9.17, 15) is 0 Å². The molecule has 3 aromatic rings. The third-order valence-electron chi connectivity index (χ3n) is 4.29. The van der Waals surface area contributed by atoms with Gasteiger partial charge < -0.3 is 15.4 Å².